The van der Waals surface area contributed by atoms with E-state index in [0.29, 0.717) is 17.1 Å². The zero-order valence-corrected chi connectivity index (χ0v) is 36.8. The van der Waals surface area contributed by atoms with Gasteiger partial charge in [0.05, 0.1) is 16.3 Å². The molecular weight excluding hydrogens is 845 g/mol. The smallest absolute Gasteiger partial charge is 0.870 e. The number of aromatic nitrogens is 4. The third-order valence-corrected chi connectivity index (χ3v) is 8.31. The maximum atomic E-state index is 12.5. The van der Waals surface area contributed by atoms with Gasteiger partial charge in [0.2, 0.25) is 0 Å². The molecular formula is C32H20Cl3CrN8Na2O7S. The molecule has 22 heteroatoms. The van der Waals surface area contributed by atoms with Crippen LogP contribution in [0.4, 0.5) is 22.7 Å². The van der Waals surface area contributed by atoms with Crippen LogP contribution in [0.15, 0.2) is 120 Å². The minimum atomic E-state index is -5.04. The molecule has 4 aromatic carbocycles. The van der Waals surface area contributed by atoms with Crippen molar-refractivity contribution in [3.63, 3.8) is 0 Å². The molecule has 6 aromatic rings. The Morgan fingerprint density at radius 1 is 0.630 bits per heavy atom. The molecule has 15 nitrogen and oxygen atoms in total. The molecule has 0 N–H and O–H groups in total. The van der Waals surface area contributed by atoms with E-state index in [9.17, 15) is 32.8 Å². The first-order chi connectivity index (χ1) is 24.1. The summed E-state index contributed by atoms with van der Waals surface area (Å²) >= 11 is 17.4. The summed E-state index contributed by atoms with van der Waals surface area (Å²) in [5.74, 6) is -1.66. The summed E-state index contributed by atoms with van der Waals surface area (Å²) in [4.78, 5) is 23.9. The summed E-state index contributed by atoms with van der Waals surface area (Å²) < 4.78 is 35.8. The van der Waals surface area contributed by atoms with Gasteiger partial charge < -0.3 is 34.3 Å². The molecule has 6 rings (SSSR count). The van der Waals surface area contributed by atoms with Gasteiger partial charge in [0.1, 0.15) is 21.5 Å². The fourth-order valence-electron chi connectivity index (χ4n) is 4.36. The Bertz CT molecular complexity index is 2550. The molecule has 0 unspecified atom stereocenters. The first kappa shape index (κ1) is 47.2. The topological polar surface area (TPSA) is 225 Å². The molecule has 0 spiro atoms. The van der Waals surface area contributed by atoms with E-state index in [-0.39, 0.29) is 114 Å². The molecule has 265 valence electrons. The Kier molecular flexibility index (Phi) is 17.7. The molecule has 2 heterocycles. The SMILES string of the molecule is Cc1[n-]n(-c2ccccc2)c(=O)c1N=Nc1cc(Cl)cc(Cl)c1[O-].Cc1[n-]n(-c2ccccc2)c(=O)c1N=Nc1cc(Cl)cc(S(=O)(=O)[O-])c1[O-].[Cr+3].[Na+].[Na+]. The zero-order valence-electron chi connectivity index (χ0n) is 28.5. The standard InChI is InChI=1S/C16H12Cl2N4O2.C16H13ClN4O5S.Cr.2Na/c1-9-14(16(24)22(21-9)11-5-3-2-4-6-11)20-19-13-8-10(17)7-12(18)15(13)23;1-9-14(16(23)21(20-9)11-5-3-2-4-6-11)19-18-12-7-10(17)8-13(15(12)22)27(24,25)26;;;/h2-8H,1H3,(H2,19,20,21,23,24);2-8H,1H3,(H3,18,19,20,22,23,24,25,26);;;/q;;+3;2*+1/p-5. The van der Waals surface area contributed by atoms with Gasteiger partial charge in [0.25, 0.3) is 11.1 Å². The number of para-hydroxylation sites is 2. The van der Waals surface area contributed by atoms with Crippen LogP contribution in [-0.4, -0.2) is 22.3 Å². The molecule has 54 heavy (non-hydrogen) atoms. The van der Waals surface area contributed by atoms with Crippen molar-refractivity contribution < 1.29 is 99.7 Å². The van der Waals surface area contributed by atoms with Crippen molar-refractivity contribution in [2.45, 2.75) is 18.7 Å². The van der Waals surface area contributed by atoms with E-state index in [1.807, 2.05) is 6.07 Å². The molecule has 0 saturated carbocycles. The quantitative estimate of drug-likeness (QED) is 0.120. The van der Waals surface area contributed by atoms with Gasteiger partial charge in [-0.05, 0) is 48.5 Å². The number of halogens is 3. The van der Waals surface area contributed by atoms with Crippen molar-refractivity contribution in [3.8, 4) is 22.9 Å². The van der Waals surface area contributed by atoms with Gasteiger partial charge in [0.15, 0.2) is 0 Å². The maximum absolute atomic E-state index is 12.5. The number of azo groups is 2. The average Bonchev–Trinajstić information content (AvgIpc) is 3.54. The van der Waals surface area contributed by atoms with Crippen LogP contribution >= 0.6 is 34.8 Å². The van der Waals surface area contributed by atoms with E-state index in [4.69, 9.17) is 34.8 Å². The van der Waals surface area contributed by atoms with Gasteiger partial charge in [-0.1, -0.05) is 96.5 Å². The molecule has 0 atom stereocenters. The Morgan fingerprint density at radius 2 is 1.02 bits per heavy atom. The normalized spacial score (nSPS) is 11.0. The molecule has 0 fully saturated rings. The number of rotatable bonds is 7. The molecule has 0 saturated heterocycles. The van der Waals surface area contributed by atoms with Crippen molar-refractivity contribution in [2.24, 2.45) is 20.5 Å². The van der Waals surface area contributed by atoms with Gasteiger partial charge in [-0.3, -0.25) is 9.59 Å². The third kappa shape index (κ3) is 11.1. The van der Waals surface area contributed by atoms with Gasteiger partial charge in [-0.2, -0.15) is 10.2 Å². The van der Waals surface area contributed by atoms with E-state index < -0.39 is 43.3 Å². The minimum absolute atomic E-state index is 0. The van der Waals surface area contributed by atoms with E-state index in [1.54, 1.807) is 61.5 Å². The second-order valence-corrected chi connectivity index (χ2v) is 12.9. The van der Waals surface area contributed by atoms with E-state index in [1.165, 1.54) is 23.7 Å². The summed E-state index contributed by atoms with van der Waals surface area (Å²) in [6.45, 7) is 3.16. The van der Waals surface area contributed by atoms with E-state index >= 15 is 0 Å². The van der Waals surface area contributed by atoms with E-state index in [0.717, 1.165) is 16.8 Å². The third-order valence-electron chi connectivity index (χ3n) is 6.75. The summed E-state index contributed by atoms with van der Waals surface area (Å²) in [7, 11) is -5.04. The van der Waals surface area contributed by atoms with Gasteiger partial charge in [0, 0.05) is 26.4 Å². The van der Waals surface area contributed by atoms with Gasteiger partial charge in [-0.25, -0.2) is 8.42 Å². The van der Waals surface area contributed by atoms with Crippen LogP contribution in [0.5, 0.6) is 11.5 Å². The van der Waals surface area contributed by atoms with Crippen LogP contribution in [0, 0.1) is 13.8 Å². The Balaban J connectivity index is 0.000000356. The molecule has 0 aliphatic rings. The number of nitrogens with zero attached hydrogens (tertiary/aromatic N) is 8. The van der Waals surface area contributed by atoms with Crippen molar-refractivity contribution in [1.29, 1.82) is 0 Å². The molecule has 0 aliphatic carbocycles. The average molecular weight is 865 g/mol. The number of aryl methyl sites for hydroxylation is 2. The second-order valence-electron chi connectivity index (χ2n) is 10.3. The monoisotopic (exact) mass is 863 g/mol. The van der Waals surface area contributed by atoms with E-state index in [2.05, 4.69) is 30.7 Å². The van der Waals surface area contributed by atoms with Gasteiger partial charge >= 0.3 is 76.5 Å². The van der Waals surface area contributed by atoms with Crippen LogP contribution in [0.1, 0.15) is 11.4 Å². The molecule has 0 bridgehead atoms. The van der Waals surface area contributed by atoms with Crippen LogP contribution in [0.3, 0.4) is 0 Å². The largest absolute Gasteiger partial charge is 3.00 e. The second kappa shape index (κ2) is 20.3. The summed E-state index contributed by atoms with van der Waals surface area (Å²) in [5, 5.41) is 47.3. The molecule has 1 radical (unpaired) electrons. The van der Waals surface area contributed by atoms with Crippen molar-refractivity contribution in [3.05, 3.63) is 132 Å². The summed E-state index contributed by atoms with van der Waals surface area (Å²) in [5.41, 5.74) is 0.158. The van der Waals surface area contributed by atoms with Crippen molar-refractivity contribution in [1.82, 2.24) is 19.6 Å². The molecule has 0 amide bonds. The number of hydrogen-bond acceptors (Lipinski definition) is 11. The summed E-state index contributed by atoms with van der Waals surface area (Å²) in [6, 6.07) is 22.0. The van der Waals surface area contributed by atoms with Crippen molar-refractivity contribution >= 4 is 67.7 Å². The number of benzene rings is 4. The molecule has 2 aromatic heterocycles. The van der Waals surface area contributed by atoms with Crippen LogP contribution in [0.25, 0.3) is 11.4 Å². The number of hydrogen-bond donors (Lipinski definition) is 0. The predicted molar refractivity (Wildman–Crippen MR) is 183 cm³/mol. The fourth-order valence-corrected chi connectivity index (χ4v) is 5.72. The minimum Gasteiger partial charge on any atom is -0.870 e. The predicted octanol–water partition coefficient (Wildman–Crippen LogP) is 0.0540. The first-order valence-electron chi connectivity index (χ1n) is 14.3. The van der Waals surface area contributed by atoms with Crippen molar-refractivity contribution in [2.75, 3.05) is 0 Å². The Labute approximate surface area is 377 Å². The van der Waals surface area contributed by atoms with Crippen LogP contribution in [-0.2, 0) is 27.5 Å². The maximum Gasteiger partial charge on any atom is 3.00 e. The van der Waals surface area contributed by atoms with Gasteiger partial charge in [-0.15, -0.1) is 21.6 Å². The fraction of sp³-hybridized carbons (Fsp3) is 0.0625. The van der Waals surface area contributed by atoms with Crippen LogP contribution in [0.2, 0.25) is 15.1 Å². The Hall–Kier alpha value is -2.99. The first-order valence-corrected chi connectivity index (χ1v) is 16.8. The van der Waals surface area contributed by atoms with Crippen LogP contribution < -0.4 is 90.6 Å². The Morgan fingerprint density at radius 3 is 1.43 bits per heavy atom. The summed E-state index contributed by atoms with van der Waals surface area (Å²) in [6.07, 6.45) is 0. The molecule has 0 aliphatic heterocycles. The zero-order chi connectivity index (χ0) is 37.0.